The number of hydrogen-bond acceptors (Lipinski definition) is 8. The molecule has 1 aromatic rings. The first-order valence-electron chi connectivity index (χ1n) is 13.3. The number of carbonyl (C=O) groups is 4. The predicted octanol–water partition coefficient (Wildman–Crippen LogP) is 2.39. The van der Waals surface area contributed by atoms with Gasteiger partial charge >= 0.3 is 0 Å². The highest BCUT2D eigenvalue weighted by molar-refractivity contribution is 8.14. The van der Waals surface area contributed by atoms with Gasteiger partial charge in [-0.05, 0) is 67.2 Å². The number of nitrogens with zero attached hydrogens (tertiary/aromatic N) is 3. The van der Waals surface area contributed by atoms with E-state index in [1.54, 1.807) is 0 Å². The summed E-state index contributed by atoms with van der Waals surface area (Å²) in [5.41, 5.74) is 1.65. The Kier molecular flexibility index (Phi) is 7.35. The van der Waals surface area contributed by atoms with E-state index in [0.29, 0.717) is 12.0 Å². The molecule has 1 aromatic carbocycles. The Bertz CT molecular complexity index is 1070. The summed E-state index contributed by atoms with van der Waals surface area (Å²) in [6.45, 7) is 11.2. The Morgan fingerprint density at radius 3 is 2.43 bits per heavy atom. The molecule has 4 atom stereocenters. The number of nitrogens with one attached hydrogen (secondary N) is 1. The van der Waals surface area contributed by atoms with Crippen LogP contribution in [-0.2, 0) is 14.3 Å². The van der Waals surface area contributed by atoms with Gasteiger partial charge in [-0.2, -0.15) is 0 Å². The van der Waals surface area contributed by atoms with Crippen LogP contribution in [0.3, 0.4) is 0 Å². The van der Waals surface area contributed by atoms with Crippen LogP contribution in [-0.4, -0.2) is 95.4 Å². The molecule has 2 unspecified atom stereocenters. The first-order chi connectivity index (χ1) is 17.7. The van der Waals surface area contributed by atoms with Crippen LogP contribution >= 0.6 is 11.8 Å². The minimum absolute atomic E-state index is 0.119. The van der Waals surface area contributed by atoms with Gasteiger partial charge in [0.2, 0.25) is 0 Å². The highest BCUT2D eigenvalue weighted by Gasteiger charge is 2.61. The molecule has 2 amide bonds. The lowest BCUT2D eigenvalue weighted by atomic mass is 10.1. The number of carbonyl (C=O) groups excluding carboxylic acids is 4. The van der Waals surface area contributed by atoms with E-state index in [9.17, 15) is 19.2 Å². The number of fused-ring (bicyclic) bond motifs is 1. The third-order valence-electron chi connectivity index (χ3n) is 8.00. The monoisotopic (exact) mass is 528 g/mol. The number of thioether (sulfide) groups is 1. The SMILES string of the molecule is CCCN1CCN(c2ccc(C(=O)NC3(SC(=O)N4CC(=O)[C@H]5OCC(=O)[C@H]54)CC3C(C)C)cc2)CC1. The molecule has 10 heteroatoms. The molecule has 1 saturated carbocycles. The Hall–Kier alpha value is -2.43. The molecule has 4 fully saturated rings. The molecule has 37 heavy (non-hydrogen) atoms. The van der Waals surface area contributed by atoms with Crippen molar-refractivity contribution in [1.29, 1.82) is 0 Å². The molecule has 1 aliphatic carbocycles. The maximum absolute atomic E-state index is 13.3. The van der Waals surface area contributed by atoms with Gasteiger partial charge in [-0.1, -0.05) is 20.8 Å². The van der Waals surface area contributed by atoms with Crippen LogP contribution < -0.4 is 10.2 Å². The van der Waals surface area contributed by atoms with E-state index < -0.39 is 17.0 Å². The van der Waals surface area contributed by atoms with Crippen molar-refractivity contribution in [3.05, 3.63) is 29.8 Å². The van der Waals surface area contributed by atoms with Crippen LogP contribution in [0.4, 0.5) is 10.5 Å². The normalized spacial score (nSPS) is 29.7. The van der Waals surface area contributed by atoms with Crippen molar-refractivity contribution in [3.8, 4) is 0 Å². The summed E-state index contributed by atoms with van der Waals surface area (Å²) in [5, 5.41) is 2.77. The molecular formula is C27H36N4O5S. The van der Waals surface area contributed by atoms with E-state index in [-0.39, 0.29) is 47.7 Å². The first-order valence-corrected chi connectivity index (χ1v) is 14.1. The molecule has 0 spiro atoms. The van der Waals surface area contributed by atoms with Crippen molar-refractivity contribution in [2.45, 2.75) is 50.6 Å². The molecule has 3 saturated heterocycles. The van der Waals surface area contributed by atoms with Crippen LogP contribution in [0, 0.1) is 11.8 Å². The zero-order valence-electron chi connectivity index (χ0n) is 21.8. The lowest BCUT2D eigenvalue weighted by molar-refractivity contribution is -0.124. The van der Waals surface area contributed by atoms with E-state index in [0.717, 1.165) is 56.6 Å². The lowest BCUT2D eigenvalue weighted by Crippen LogP contribution is -2.46. The van der Waals surface area contributed by atoms with Crippen LogP contribution in [0.5, 0.6) is 0 Å². The number of benzene rings is 1. The van der Waals surface area contributed by atoms with Crippen LogP contribution in [0.25, 0.3) is 0 Å². The van der Waals surface area contributed by atoms with Gasteiger partial charge in [-0.15, -0.1) is 0 Å². The maximum Gasteiger partial charge on any atom is 0.285 e. The number of piperazine rings is 1. The minimum atomic E-state index is -0.851. The number of ether oxygens (including phenoxy) is 1. The smallest absolute Gasteiger partial charge is 0.285 e. The Morgan fingerprint density at radius 2 is 1.81 bits per heavy atom. The number of amides is 2. The number of rotatable bonds is 7. The highest BCUT2D eigenvalue weighted by atomic mass is 32.2. The predicted molar refractivity (Wildman–Crippen MR) is 142 cm³/mol. The van der Waals surface area contributed by atoms with Gasteiger partial charge in [0, 0.05) is 37.4 Å². The fourth-order valence-electron chi connectivity index (χ4n) is 5.83. The average molecular weight is 529 g/mol. The zero-order chi connectivity index (χ0) is 26.3. The second kappa shape index (κ2) is 10.4. The number of likely N-dealkylation sites (tertiary alicyclic amines) is 1. The van der Waals surface area contributed by atoms with Gasteiger partial charge < -0.3 is 19.9 Å². The number of hydrogen-bond donors (Lipinski definition) is 1. The summed E-state index contributed by atoms with van der Waals surface area (Å²) in [4.78, 5) is 56.5. The van der Waals surface area contributed by atoms with E-state index in [1.807, 2.05) is 24.3 Å². The van der Waals surface area contributed by atoms with Crippen molar-refractivity contribution in [3.63, 3.8) is 0 Å². The average Bonchev–Trinajstić information content (AvgIpc) is 3.27. The minimum Gasteiger partial charge on any atom is -0.369 e. The second-order valence-corrected chi connectivity index (χ2v) is 12.2. The Labute approximate surface area is 222 Å². The highest BCUT2D eigenvalue weighted by Crippen LogP contribution is 2.56. The molecule has 200 valence electrons. The summed E-state index contributed by atoms with van der Waals surface area (Å²) in [6, 6.07) is 6.82. The third-order valence-corrected chi connectivity index (χ3v) is 9.35. The number of ketones is 2. The fraction of sp³-hybridized carbons (Fsp3) is 0.630. The van der Waals surface area contributed by atoms with Gasteiger partial charge in [-0.25, -0.2) is 0 Å². The Morgan fingerprint density at radius 1 is 1.11 bits per heavy atom. The van der Waals surface area contributed by atoms with Crippen molar-refractivity contribution < 1.29 is 23.9 Å². The molecule has 4 aliphatic rings. The van der Waals surface area contributed by atoms with E-state index in [1.165, 1.54) is 4.90 Å². The quantitative estimate of drug-likeness (QED) is 0.539. The zero-order valence-corrected chi connectivity index (χ0v) is 22.6. The van der Waals surface area contributed by atoms with Crippen molar-refractivity contribution in [2.75, 3.05) is 50.8 Å². The number of Topliss-reactive ketones (excluding diaryl/α,β-unsaturated/α-hetero) is 2. The molecule has 9 nitrogen and oxygen atoms in total. The Balaban J connectivity index is 1.23. The van der Waals surface area contributed by atoms with E-state index in [2.05, 4.69) is 35.9 Å². The van der Waals surface area contributed by atoms with Crippen molar-refractivity contribution in [2.24, 2.45) is 11.8 Å². The largest absolute Gasteiger partial charge is 0.369 e. The topological polar surface area (TPSA) is 99.3 Å². The second-order valence-electron chi connectivity index (χ2n) is 10.9. The summed E-state index contributed by atoms with van der Waals surface area (Å²) in [6.07, 6.45) is 0.972. The van der Waals surface area contributed by atoms with Gasteiger partial charge in [0.25, 0.3) is 11.1 Å². The van der Waals surface area contributed by atoms with Crippen molar-refractivity contribution >= 4 is 40.2 Å². The molecule has 0 radical (unpaired) electrons. The summed E-state index contributed by atoms with van der Waals surface area (Å²) in [7, 11) is 0. The molecule has 1 N–H and O–H groups in total. The third kappa shape index (κ3) is 5.15. The fourth-order valence-corrected chi connectivity index (χ4v) is 7.27. The summed E-state index contributed by atoms with van der Waals surface area (Å²) >= 11 is 1.03. The van der Waals surface area contributed by atoms with Crippen LogP contribution in [0.2, 0.25) is 0 Å². The maximum atomic E-state index is 13.3. The molecule has 3 aliphatic heterocycles. The van der Waals surface area contributed by atoms with Gasteiger partial charge in [-0.3, -0.25) is 24.1 Å². The molecular weight excluding hydrogens is 492 g/mol. The lowest BCUT2D eigenvalue weighted by Gasteiger charge is -2.36. The summed E-state index contributed by atoms with van der Waals surface area (Å²) in [5.74, 6) is -0.331. The van der Waals surface area contributed by atoms with Crippen LogP contribution in [0.1, 0.15) is 44.0 Å². The van der Waals surface area contributed by atoms with E-state index >= 15 is 0 Å². The van der Waals surface area contributed by atoms with Gasteiger partial charge in [0.15, 0.2) is 11.6 Å². The first kappa shape index (κ1) is 26.2. The standard InChI is InChI=1S/C27H36N4O5S/c1-4-9-29-10-12-30(13-11-29)19-7-5-18(6-8-19)25(34)28-27(14-20(27)17(2)3)37-26(35)31-15-21(32)24-23(31)22(33)16-36-24/h5-8,17,20,23-24H,4,9-16H2,1-3H3,(H,28,34)/t20?,23-,24-,27?/m1/s1. The molecule has 3 heterocycles. The number of anilines is 1. The van der Waals surface area contributed by atoms with Crippen molar-refractivity contribution in [1.82, 2.24) is 15.1 Å². The molecule has 5 rings (SSSR count). The molecule has 0 bridgehead atoms. The molecule has 0 aromatic heterocycles. The van der Waals surface area contributed by atoms with Gasteiger partial charge in [0.05, 0.1) is 11.4 Å². The van der Waals surface area contributed by atoms with E-state index in [4.69, 9.17) is 4.74 Å². The van der Waals surface area contributed by atoms with Gasteiger partial charge in [0.1, 0.15) is 18.8 Å². The summed E-state index contributed by atoms with van der Waals surface area (Å²) < 4.78 is 5.30. The van der Waals surface area contributed by atoms with Crippen LogP contribution in [0.15, 0.2) is 24.3 Å².